The minimum Gasteiger partial charge on any atom is -0.386 e. The lowest BCUT2D eigenvalue weighted by Crippen LogP contribution is -2.43. The van der Waals surface area contributed by atoms with Crippen molar-refractivity contribution in [2.45, 2.75) is 56.5 Å². The maximum Gasteiger partial charge on any atom is 0.223 e. The highest BCUT2D eigenvalue weighted by Gasteiger charge is 2.35. The molecule has 0 radical (unpaired) electrons. The molecule has 0 bridgehead atoms. The van der Waals surface area contributed by atoms with Gasteiger partial charge in [0.25, 0.3) is 0 Å². The van der Waals surface area contributed by atoms with Crippen LogP contribution in [0.25, 0.3) is 0 Å². The first-order chi connectivity index (χ1) is 9.97. The predicted octanol–water partition coefficient (Wildman–Crippen LogP) is 3.39. The molecule has 1 aliphatic carbocycles. The molecule has 0 spiro atoms. The molecule has 1 aromatic rings. The van der Waals surface area contributed by atoms with Crippen LogP contribution in [0.4, 0.5) is 0 Å². The van der Waals surface area contributed by atoms with Crippen LogP contribution in [-0.2, 0) is 10.2 Å². The molecule has 1 unspecified atom stereocenters. The maximum absolute atomic E-state index is 12.1. The molecule has 0 aromatic carbocycles. The number of aliphatic hydroxyl groups is 1. The Balaban J connectivity index is 2.00. The Morgan fingerprint density at radius 2 is 2.24 bits per heavy atom. The lowest BCUT2D eigenvalue weighted by atomic mass is 9.73. The first-order valence-corrected chi connectivity index (χ1v) is 8.52. The van der Waals surface area contributed by atoms with Crippen molar-refractivity contribution < 1.29 is 9.90 Å². The van der Waals surface area contributed by atoms with Crippen molar-refractivity contribution in [3.8, 4) is 0 Å². The van der Waals surface area contributed by atoms with Crippen LogP contribution in [-0.4, -0.2) is 23.2 Å². The minimum absolute atomic E-state index is 0.0665. The van der Waals surface area contributed by atoms with Crippen LogP contribution in [0.2, 0.25) is 0 Å². The van der Waals surface area contributed by atoms with Gasteiger partial charge in [0, 0.05) is 16.8 Å². The first kappa shape index (κ1) is 16.2. The van der Waals surface area contributed by atoms with Gasteiger partial charge in [-0.15, -0.1) is 17.9 Å². The van der Waals surface area contributed by atoms with Crippen LogP contribution >= 0.6 is 11.3 Å². The molecule has 1 aromatic heterocycles. The molecule has 2 rings (SSSR count). The van der Waals surface area contributed by atoms with Crippen molar-refractivity contribution in [3.05, 3.63) is 35.0 Å². The van der Waals surface area contributed by atoms with Crippen molar-refractivity contribution in [3.63, 3.8) is 0 Å². The number of hydrogen-bond acceptors (Lipinski definition) is 3. The Labute approximate surface area is 131 Å². The Morgan fingerprint density at radius 3 is 2.81 bits per heavy atom. The summed E-state index contributed by atoms with van der Waals surface area (Å²) < 4.78 is 0. The largest absolute Gasteiger partial charge is 0.386 e. The van der Waals surface area contributed by atoms with E-state index in [2.05, 4.69) is 29.4 Å². The number of hydrogen-bond donors (Lipinski definition) is 2. The van der Waals surface area contributed by atoms with E-state index in [0.717, 1.165) is 12.8 Å². The van der Waals surface area contributed by atoms with Gasteiger partial charge in [0.2, 0.25) is 5.91 Å². The van der Waals surface area contributed by atoms with E-state index in [0.29, 0.717) is 6.54 Å². The average molecular weight is 307 g/mol. The number of nitrogens with one attached hydrogen (secondary N) is 1. The maximum atomic E-state index is 12.1. The van der Waals surface area contributed by atoms with E-state index in [1.807, 2.05) is 0 Å². The second-order valence-corrected chi connectivity index (χ2v) is 7.28. The fourth-order valence-corrected chi connectivity index (χ4v) is 4.03. The summed E-state index contributed by atoms with van der Waals surface area (Å²) in [5, 5.41) is 15.0. The Bertz CT molecular complexity index is 473. The highest BCUT2D eigenvalue weighted by atomic mass is 32.1. The third-order valence-electron chi connectivity index (χ3n) is 4.44. The topological polar surface area (TPSA) is 49.3 Å². The smallest absolute Gasteiger partial charge is 0.223 e. The highest BCUT2D eigenvalue weighted by molar-refractivity contribution is 7.10. The molecule has 1 atom stereocenters. The van der Waals surface area contributed by atoms with Crippen LogP contribution in [0, 0.1) is 0 Å². The van der Waals surface area contributed by atoms with Crippen molar-refractivity contribution in [2.24, 2.45) is 0 Å². The summed E-state index contributed by atoms with van der Waals surface area (Å²) in [5.74, 6) is -0.110. The van der Waals surface area contributed by atoms with Crippen molar-refractivity contribution in [1.29, 1.82) is 0 Å². The molecule has 1 aliphatic rings. The van der Waals surface area contributed by atoms with Crippen LogP contribution in [0.5, 0.6) is 0 Å². The highest BCUT2D eigenvalue weighted by Crippen LogP contribution is 2.41. The molecule has 0 aliphatic heterocycles. The summed E-state index contributed by atoms with van der Waals surface area (Å²) in [7, 11) is 0. The summed E-state index contributed by atoms with van der Waals surface area (Å²) in [4.78, 5) is 13.4. The van der Waals surface area contributed by atoms with Crippen molar-refractivity contribution in [2.75, 3.05) is 6.54 Å². The molecule has 4 heteroatoms. The molecule has 21 heavy (non-hydrogen) atoms. The van der Waals surface area contributed by atoms with Gasteiger partial charge < -0.3 is 10.4 Å². The molecular formula is C17H25NO2S. The summed E-state index contributed by atoms with van der Waals surface area (Å²) >= 11 is 1.78. The lowest BCUT2D eigenvalue weighted by Gasteiger charge is -2.37. The molecule has 0 saturated heterocycles. The Hall–Kier alpha value is -1.13. The molecule has 1 amide bonds. The number of rotatable bonds is 6. The summed E-state index contributed by atoms with van der Waals surface area (Å²) in [5.41, 5.74) is -1.05. The van der Waals surface area contributed by atoms with Crippen LogP contribution in [0.3, 0.4) is 0 Å². The number of carbonyl (C=O) groups is 1. The third-order valence-corrected chi connectivity index (χ3v) is 5.55. The van der Waals surface area contributed by atoms with Crippen molar-refractivity contribution >= 4 is 17.2 Å². The van der Waals surface area contributed by atoms with E-state index in [1.165, 1.54) is 30.2 Å². The monoisotopic (exact) mass is 307 g/mol. The van der Waals surface area contributed by atoms with E-state index in [1.54, 1.807) is 18.3 Å². The normalized spacial score (nSPS) is 20.5. The average Bonchev–Trinajstić information content (AvgIpc) is 3.01. The lowest BCUT2D eigenvalue weighted by molar-refractivity contribution is -0.124. The first-order valence-electron chi connectivity index (χ1n) is 7.64. The van der Waals surface area contributed by atoms with Gasteiger partial charge in [0.05, 0.1) is 12.0 Å². The van der Waals surface area contributed by atoms with Crippen LogP contribution < -0.4 is 5.32 Å². The standard InChI is InChI=1S/C17H25NO2S/c1-3-16(2,20)12-15(19)18-13-17(9-5-4-6-10-17)14-8-7-11-21-14/h3,7-8,11,20H,1,4-6,9-10,12-13H2,2H3,(H,18,19). The predicted molar refractivity (Wildman–Crippen MR) is 87.5 cm³/mol. The summed E-state index contributed by atoms with van der Waals surface area (Å²) in [6.07, 6.45) is 7.47. The summed E-state index contributed by atoms with van der Waals surface area (Å²) in [6.45, 7) is 5.83. The van der Waals surface area contributed by atoms with Gasteiger partial charge >= 0.3 is 0 Å². The van der Waals surface area contributed by atoms with Gasteiger partial charge in [-0.3, -0.25) is 4.79 Å². The zero-order valence-corrected chi connectivity index (χ0v) is 13.5. The number of thiophene rings is 1. The van der Waals surface area contributed by atoms with E-state index in [4.69, 9.17) is 0 Å². The zero-order chi connectivity index (χ0) is 15.3. The number of carbonyl (C=O) groups excluding carboxylic acids is 1. The Morgan fingerprint density at radius 1 is 1.52 bits per heavy atom. The second-order valence-electron chi connectivity index (χ2n) is 6.33. The minimum atomic E-state index is -1.13. The van der Waals surface area contributed by atoms with Gasteiger partial charge in [-0.2, -0.15) is 0 Å². The van der Waals surface area contributed by atoms with E-state index < -0.39 is 5.60 Å². The Kier molecular flexibility index (Phi) is 5.22. The molecule has 3 nitrogen and oxygen atoms in total. The molecule has 116 valence electrons. The van der Waals surface area contributed by atoms with Gasteiger partial charge in [-0.1, -0.05) is 31.4 Å². The van der Waals surface area contributed by atoms with Crippen molar-refractivity contribution in [1.82, 2.24) is 5.32 Å². The fraction of sp³-hybridized carbons (Fsp3) is 0.588. The quantitative estimate of drug-likeness (QED) is 0.791. The third kappa shape index (κ3) is 4.17. The van der Waals surface area contributed by atoms with Gasteiger partial charge in [0.15, 0.2) is 0 Å². The molecule has 1 fully saturated rings. The fourth-order valence-electron chi connectivity index (χ4n) is 3.05. The second kappa shape index (κ2) is 6.75. The van der Waals surface area contributed by atoms with Crippen LogP contribution in [0.15, 0.2) is 30.2 Å². The van der Waals surface area contributed by atoms with Gasteiger partial charge in [-0.05, 0) is 31.2 Å². The number of amides is 1. The van der Waals surface area contributed by atoms with Gasteiger partial charge in [0.1, 0.15) is 0 Å². The molecule has 1 heterocycles. The molecule has 1 saturated carbocycles. The van der Waals surface area contributed by atoms with Gasteiger partial charge in [-0.25, -0.2) is 0 Å². The van der Waals surface area contributed by atoms with E-state index in [-0.39, 0.29) is 17.7 Å². The SMILES string of the molecule is C=CC(C)(O)CC(=O)NCC1(c2cccs2)CCCCC1. The van der Waals surface area contributed by atoms with Crippen LogP contribution in [0.1, 0.15) is 50.3 Å². The molecular weight excluding hydrogens is 282 g/mol. The summed E-state index contributed by atoms with van der Waals surface area (Å²) in [6, 6.07) is 4.27. The zero-order valence-electron chi connectivity index (χ0n) is 12.7. The molecule has 2 N–H and O–H groups in total. The van der Waals surface area contributed by atoms with E-state index in [9.17, 15) is 9.90 Å². The van der Waals surface area contributed by atoms with E-state index >= 15 is 0 Å².